The molecule has 0 aliphatic heterocycles. The van der Waals surface area contributed by atoms with Crippen molar-refractivity contribution >= 4 is 29.0 Å². The van der Waals surface area contributed by atoms with Gasteiger partial charge in [0.05, 0.1) is 11.4 Å². The third-order valence-corrected chi connectivity index (χ3v) is 3.81. The van der Waals surface area contributed by atoms with Gasteiger partial charge >= 0.3 is 5.69 Å². The number of para-hydroxylation sites is 2. The number of nitrogens with one attached hydrogen (secondary N) is 2. The van der Waals surface area contributed by atoms with Crippen LogP contribution in [0.3, 0.4) is 0 Å². The Morgan fingerprint density at radius 3 is 2.95 bits per heavy atom. The van der Waals surface area contributed by atoms with Crippen LogP contribution in [0.5, 0.6) is 0 Å². The summed E-state index contributed by atoms with van der Waals surface area (Å²) in [5.74, 6) is 0.407. The van der Waals surface area contributed by atoms with E-state index >= 15 is 0 Å². The number of hydrogen-bond donors (Lipinski definition) is 3. The maximum Gasteiger partial charge on any atom is 0.343 e. The van der Waals surface area contributed by atoms with Gasteiger partial charge in [-0.2, -0.15) is 0 Å². The second-order valence-electron chi connectivity index (χ2n) is 4.29. The van der Waals surface area contributed by atoms with Crippen LogP contribution in [-0.4, -0.2) is 26.4 Å². The molecule has 2 rings (SSSR count). The molecule has 0 fully saturated rings. The van der Waals surface area contributed by atoms with Gasteiger partial charge in [0.25, 0.3) is 0 Å². The van der Waals surface area contributed by atoms with Crippen LogP contribution in [0, 0.1) is 0 Å². The van der Waals surface area contributed by atoms with Gasteiger partial charge in [0.1, 0.15) is 0 Å². The molecule has 0 aliphatic rings. The summed E-state index contributed by atoms with van der Waals surface area (Å²) in [7, 11) is 0. The Kier molecular flexibility index (Phi) is 5.04. The predicted molar refractivity (Wildman–Crippen MR) is 83.3 cm³/mol. The molecule has 1 aromatic carbocycles. The van der Waals surface area contributed by atoms with Gasteiger partial charge in [0, 0.05) is 18.7 Å². The van der Waals surface area contributed by atoms with Gasteiger partial charge in [0.2, 0.25) is 5.91 Å². The van der Waals surface area contributed by atoms with E-state index < -0.39 is 0 Å². The summed E-state index contributed by atoms with van der Waals surface area (Å²) in [5, 5.41) is 9.66. The van der Waals surface area contributed by atoms with Gasteiger partial charge in [-0.1, -0.05) is 23.9 Å². The van der Waals surface area contributed by atoms with Crippen molar-refractivity contribution < 1.29 is 4.79 Å². The molecule has 1 aromatic heterocycles. The molecule has 1 heterocycles. The lowest BCUT2D eigenvalue weighted by Crippen LogP contribution is -2.16. The number of rotatable bonds is 6. The fourth-order valence-electron chi connectivity index (χ4n) is 1.75. The normalized spacial score (nSPS) is 10.5. The fourth-order valence-corrected chi connectivity index (χ4v) is 2.70. The smallest absolute Gasteiger partial charge is 0.343 e. The lowest BCUT2D eigenvalue weighted by molar-refractivity contribution is -0.115. The number of H-pyrrole nitrogens is 1. The van der Waals surface area contributed by atoms with Crippen molar-refractivity contribution in [2.24, 2.45) is 0 Å². The molecule has 112 valence electrons. The Labute approximate surface area is 125 Å². The molecule has 1 amide bonds. The van der Waals surface area contributed by atoms with E-state index in [1.54, 1.807) is 12.1 Å². The molecule has 0 unspecified atom stereocenters. The first kappa shape index (κ1) is 15.2. The number of nitrogens with two attached hydrogens (primary N) is 1. The molecule has 2 aromatic rings. The zero-order valence-corrected chi connectivity index (χ0v) is 12.4. The number of benzene rings is 1. The zero-order valence-electron chi connectivity index (χ0n) is 11.6. The van der Waals surface area contributed by atoms with E-state index in [2.05, 4.69) is 15.5 Å². The molecule has 0 saturated heterocycles. The lowest BCUT2D eigenvalue weighted by atomic mass is 10.2. The first-order valence-electron chi connectivity index (χ1n) is 6.54. The van der Waals surface area contributed by atoms with Crippen molar-refractivity contribution in [3.8, 4) is 0 Å². The van der Waals surface area contributed by atoms with Crippen molar-refractivity contribution in [1.29, 1.82) is 0 Å². The maximum atomic E-state index is 11.8. The van der Waals surface area contributed by atoms with Crippen molar-refractivity contribution in [1.82, 2.24) is 14.8 Å². The monoisotopic (exact) mass is 307 g/mol. The number of carbonyl (C=O) groups excluding carboxylic acids is 1. The van der Waals surface area contributed by atoms with Gasteiger partial charge in [0.15, 0.2) is 5.16 Å². The standard InChI is InChI=1S/C13H17N5O2S/c1-2-18-12(20)16-17-13(18)21-8-7-11(19)15-10-6-4-3-5-9(10)14/h3-6H,2,7-8,14H2,1H3,(H,15,19)(H,16,20). The average Bonchev–Trinajstić information content (AvgIpc) is 2.82. The minimum Gasteiger partial charge on any atom is -0.397 e. The van der Waals surface area contributed by atoms with E-state index in [9.17, 15) is 9.59 Å². The van der Waals surface area contributed by atoms with Crippen LogP contribution in [0.2, 0.25) is 0 Å². The minimum absolute atomic E-state index is 0.124. The number of carbonyl (C=O) groups is 1. The quantitative estimate of drug-likeness (QED) is 0.551. The van der Waals surface area contributed by atoms with E-state index in [4.69, 9.17) is 5.73 Å². The summed E-state index contributed by atoms with van der Waals surface area (Å²) in [5.41, 5.74) is 6.66. The molecule has 0 bridgehead atoms. The third-order valence-electron chi connectivity index (χ3n) is 2.83. The summed E-state index contributed by atoms with van der Waals surface area (Å²) < 4.78 is 1.53. The Morgan fingerprint density at radius 1 is 1.48 bits per heavy atom. The third kappa shape index (κ3) is 3.88. The highest BCUT2D eigenvalue weighted by atomic mass is 32.2. The Morgan fingerprint density at radius 2 is 2.24 bits per heavy atom. The highest BCUT2D eigenvalue weighted by Gasteiger charge is 2.09. The van der Waals surface area contributed by atoms with Crippen molar-refractivity contribution in [2.45, 2.75) is 25.0 Å². The van der Waals surface area contributed by atoms with Gasteiger partial charge < -0.3 is 11.1 Å². The van der Waals surface area contributed by atoms with Crippen molar-refractivity contribution in [3.05, 3.63) is 34.7 Å². The van der Waals surface area contributed by atoms with Gasteiger partial charge in [-0.05, 0) is 19.1 Å². The number of thioether (sulfide) groups is 1. The zero-order chi connectivity index (χ0) is 15.2. The van der Waals surface area contributed by atoms with Crippen LogP contribution in [0.1, 0.15) is 13.3 Å². The van der Waals surface area contributed by atoms with Gasteiger partial charge in [-0.3, -0.25) is 9.36 Å². The molecule has 4 N–H and O–H groups in total. The average molecular weight is 307 g/mol. The minimum atomic E-state index is -0.235. The molecule has 21 heavy (non-hydrogen) atoms. The van der Waals surface area contributed by atoms with Crippen LogP contribution >= 0.6 is 11.8 Å². The fraction of sp³-hybridized carbons (Fsp3) is 0.308. The Bertz CT molecular complexity index is 679. The predicted octanol–water partition coefficient (Wildman–Crippen LogP) is 1.29. The van der Waals surface area contributed by atoms with Crippen LogP contribution in [0.4, 0.5) is 11.4 Å². The van der Waals surface area contributed by atoms with E-state index in [0.717, 1.165) is 0 Å². The van der Waals surface area contributed by atoms with E-state index in [-0.39, 0.29) is 11.6 Å². The Balaban J connectivity index is 1.85. The second-order valence-corrected chi connectivity index (χ2v) is 5.35. The number of aromatic amines is 1. The van der Waals surface area contributed by atoms with Crippen LogP contribution < -0.4 is 16.7 Å². The summed E-state index contributed by atoms with van der Waals surface area (Å²) in [6, 6.07) is 7.10. The molecule has 0 atom stereocenters. The topological polar surface area (TPSA) is 106 Å². The van der Waals surface area contributed by atoms with E-state index in [0.29, 0.717) is 35.2 Å². The Hall–Kier alpha value is -2.22. The number of anilines is 2. The summed E-state index contributed by atoms with van der Waals surface area (Å²) in [4.78, 5) is 23.2. The van der Waals surface area contributed by atoms with Gasteiger partial charge in [-0.25, -0.2) is 9.89 Å². The van der Waals surface area contributed by atoms with E-state index in [1.807, 2.05) is 19.1 Å². The van der Waals surface area contributed by atoms with Crippen LogP contribution in [0.25, 0.3) is 0 Å². The molecular formula is C13H17N5O2S. The number of aromatic nitrogens is 3. The molecule has 8 heteroatoms. The highest BCUT2D eigenvalue weighted by molar-refractivity contribution is 7.99. The molecule has 7 nitrogen and oxygen atoms in total. The molecule has 0 radical (unpaired) electrons. The number of amides is 1. The number of nitrogens with zero attached hydrogens (tertiary/aromatic N) is 2. The largest absolute Gasteiger partial charge is 0.397 e. The summed E-state index contributed by atoms with van der Waals surface area (Å²) >= 11 is 1.36. The molecule has 0 spiro atoms. The van der Waals surface area contributed by atoms with Gasteiger partial charge in [-0.15, -0.1) is 5.10 Å². The maximum absolute atomic E-state index is 11.8. The molecular weight excluding hydrogens is 290 g/mol. The lowest BCUT2D eigenvalue weighted by Gasteiger charge is -2.07. The highest BCUT2D eigenvalue weighted by Crippen LogP contribution is 2.18. The first-order valence-corrected chi connectivity index (χ1v) is 7.52. The number of hydrogen-bond acceptors (Lipinski definition) is 5. The first-order chi connectivity index (χ1) is 10.1. The summed E-state index contributed by atoms with van der Waals surface area (Å²) in [6.07, 6.45) is 0.309. The second kappa shape index (κ2) is 6.98. The van der Waals surface area contributed by atoms with Crippen LogP contribution in [0.15, 0.2) is 34.2 Å². The van der Waals surface area contributed by atoms with E-state index in [1.165, 1.54) is 16.3 Å². The SMILES string of the molecule is CCn1c(SCCC(=O)Nc2ccccc2N)n[nH]c1=O. The molecule has 0 saturated carbocycles. The van der Waals surface area contributed by atoms with Crippen molar-refractivity contribution in [2.75, 3.05) is 16.8 Å². The van der Waals surface area contributed by atoms with Crippen molar-refractivity contribution in [3.63, 3.8) is 0 Å². The van der Waals surface area contributed by atoms with Crippen LogP contribution in [-0.2, 0) is 11.3 Å². The number of nitrogen functional groups attached to an aromatic ring is 1. The summed E-state index contributed by atoms with van der Waals surface area (Å²) in [6.45, 7) is 2.41. The molecule has 0 aliphatic carbocycles.